The number of ether oxygens (including phenoxy) is 1. The summed E-state index contributed by atoms with van der Waals surface area (Å²) in [5.74, 6) is 0.0353. The minimum atomic E-state index is -0.439. The number of nitrogens with zero attached hydrogens (tertiary/aromatic N) is 1. The number of aliphatic hydroxyl groups excluding tert-OH is 1. The molecule has 0 aromatic carbocycles. The van der Waals surface area contributed by atoms with Crippen LogP contribution in [0.5, 0.6) is 0 Å². The summed E-state index contributed by atoms with van der Waals surface area (Å²) < 4.78 is 5.27. The molecule has 1 amide bonds. The van der Waals surface area contributed by atoms with Crippen LogP contribution < -0.4 is 5.32 Å². The van der Waals surface area contributed by atoms with Gasteiger partial charge in [-0.1, -0.05) is 0 Å². The highest BCUT2D eigenvalue weighted by molar-refractivity contribution is 7.11. The maximum atomic E-state index is 12.3. The van der Waals surface area contributed by atoms with Crippen LogP contribution in [0.4, 0.5) is 0 Å². The van der Waals surface area contributed by atoms with Gasteiger partial charge in [0.05, 0.1) is 22.9 Å². The van der Waals surface area contributed by atoms with E-state index in [2.05, 4.69) is 5.32 Å². The standard InChI is InChI=1S/C17H26N2O3S/c1-22-14-10-11(6-7-13(14)20)17(21)18-9-8-16-19-12-4-2-3-5-15(12)23-16/h11,13-14,20H,2-10H2,1H3,(H,18,21)/t11-,13+,14-/m1/s1. The van der Waals surface area contributed by atoms with Gasteiger partial charge in [0, 0.05) is 30.9 Å². The van der Waals surface area contributed by atoms with E-state index < -0.39 is 6.10 Å². The number of carbonyl (C=O) groups excluding carboxylic acids is 1. The van der Waals surface area contributed by atoms with Gasteiger partial charge in [-0.25, -0.2) is 4.98 Å². The molecule has 2 aliphatic carbocycles. The zero-order valence-corrected chi connectivity index (χ0v) is 14.5. The number of amides is 1. The predicted octanol–water partition coefficient (Wildman–Crippen LogP) is 1.86. The van der Waals surface area contributed by atoms with Crippen molar-refractivity contribution in [3.63, 3.8) is 0 Å². The molecule has 1 fully saturated rings. The van der Waals surface area contributed by atoms with E-state index in [4.69, 9.17) is 9.72 Å². The highest BCUT2D eigenvalue weighted by Crippen LogP contribution is 2.28. The smallest absolute Gasteiger partial charge is 0.223 e. The van der Waals surface area contributed by atoms with Gasteiger partial charge in [-0.05, 0) is 44.9 Å². The van der Waals surface area contributed by atoms with Crippen molar-refractivity contribution in [1.29, 1.82) is 0 Å². The molecule has 2 aliphatic rings. The Morgan fingerprint density at radius 3 is 3.00 bits per heavy atom. The Bertz CT molecular complexity index is 522. The van der Waals surface area contributed by atoms with E-state index in [1.54, 1.807) is 7.11 Å². The summed E-state index contributed by atoms with van der Waals surface area (Å²) in [5.41, 5.74) is 1.28. The summed E-state index contributed by atoms with van der Waals surface area (Å²) in [6.07, 6.45) is 6.94. The fourth-order valence-corrected chi connectivity index (χ4v) is 4.71. The molecular weight excluding hydrogens is 312 g/mol. The van der Waals surface area contributed by atoms with Gasteiger partial charge in [-0.2, -0.15) is 0 Å². The molecule has 2 N–H and O–H groups in total. The Morgan fingerprint density at radius 1 is 1.39 bits per heavy atom. The van der Waals surface area contributed by atoms with Crippen molar-refractivity contribution in [1.82, 2.24) is 10.3 Å². The van der Waals surface area contributed by atoms with Crippen LogP contribution in [0.25, 0.3) is 0 Å². The number of methoxy groups -OCH3 is 1. The molecule has 0 unspecified atom stereocenters. The van der Waals surface area contributed by atoms with Crippen LogP contribution in [0, 0.1) is 5.92 Å². The van der Waals surface area contributed by atoms with Gasteiger partial charge >= 0.3 is 0 Å². The summed E-state index contributed by atoms with van der Waals surface area (Å²) in [7, 11) is 1.60. The molecule has 3 atom stereocenters. The van der Waals surface area contributed by atoms with E-state index in [1.165, 1.54) is 29.8 Å². The topological polar surface area (TPSA) is 71.5 Å². The number of hydrogen-bond donors (Lipinski definition) is 2. The molecule has 0 spiro atoms. The average Bonchev–Trinajstić information content (AvgIpc) is 2.97. The number of nitrogens with one attached hydrogen (secondary N) is 1. The fraction of sp³-hybridized carbons (Fsp3) is 0.765. The molecule has 1 aromatic heterocycles. The highest BCUT2D eigenvalue weighted by atomic mass is 32.1. The molecule has 1 aromatic rings. The van der Waals surface area contributed by atoms with E-state index in [-0.39, 0.29) is 17.9 Å². The van der Waals surface area contributed by atoms with E-state index in [0.717, 1.165) is 24.3 Å². The van der Waals surface area contributed by atoms with Crippen LogP contribution in [0.3, 0.4) is 0 Å². The van der Waals surface area contributed by atoms with Crippen molar-refractivity contribution >= 4 is 17.2 Å². The molecule has 23 heavy (non-hydrogen) atoms. The van der Waals surface area contributed by atoms with Crippen LogP contribution in [0.1, 0.15) is 47.7 Å². The largest absolute Gasteiger partial charge is 0.390 e. The summed E-state index contributed by atoms with van der Waals surface area (Å²) in [5, 5.41) is 14.0. The minimum absolute atomic E-state index is 0.0483. The number of aliphatic hydroxyl groups is 1. The van der Waals surface area contributed by atoms with Crippen LogP contribution in [0.2, 0.25) is 0 Å². The lowest BCUT2D eigenvalue weighted by Crippen LogP contribution is -2.41. The molecular formula is C17H26N2O3S. The third kappa shape index (κ3) is 4.11. The lowest BCUT2D eigenvalue weighted by molar-refractivity contribution is -0.130. The first kappa shape index (κ1) is 16.9. The maximum Gasteiger partial charge on any atom is 0.223 e. The Hall–Kier alpha value is -0.980. The third-order valence-electron chi connectivity index (χ3n) is 4.96. The van der Waals surface area contributed by atoms with E-state index >= 15 is 0 Å². The number of hydrogen-bond acceptors (Lipinski definition) is 5. The van der Waals surface area contributed by atoms with Crippen molar-refractivity contribution < 1.29 is 14.6 Å². The summed E-state index contributed by atoms with van der Waals surface area (Å²) in [6, 6.07) is 0. The van der Waals surface area contributed by atoms with Gasteiger partial charge in [0.1, 0.15) is 0 Å². The normalized spacial score (nSPS) is 27.5. The number of aryl methyl sites for hydroxylation is 2. The SMILES string of the molecule is CO[C@@H]1C[C@H](C(=O)NCCc2nc3c(s2)CCCC3)CC[C@@H]1O. The molecule has 0 aliphatic heterocycles. The molecule has 6 heteroatoms. The Kier molecular flexibility index (Phi) is 5.67. The van der Waals surface area contributed by atoms with Gasteiger partial charge in [0.2, 0.25) is 5.91 Å². The van der Waals surface area contributed by atoms with Crippen LogP contribution in [-0.2, 0) is 28.8 Å². The monoisotopic (exact) mass is 338 g/mol. The lowest BCUT2D eigenvalue weighted by atomic mass is 9.84. The van der Waals surface area contributed by atoms with E-state index in [1.807, 2.05) is 11.3 Å². The van der Waals surface area contributed by atoms with E-state index in [0.29, 0.717) is 19.4 Å². The summed E-state index contributed by atoms with van der Waals surface area (Å²) >= 11 is 1.81. The molecule has 1 saturated carbocycles. The lowest BCUT2D eigenvalue weighted by Gasteiger charge is -2.31. The van der Waals surface area contributed by atoms with Crippen molar-refractivity contribution in [2.24, 2.45) is 5.92 Å². The molecule has 0 bridgehead atoms. The van der Waals surface area contributed by atoms with Crippen molar-refractivity contribution in [2.45, 2.75) is 63.6 Å². The van der Waals surface area contributed by atoms with Crippen LogP contribution in [0.15, 0.2) is 0 Å². The number of aromatic nitrogens is 1. The molecule has 128 valence electrons. The van der Waals surface area contributed by atoms with Crippen LogP contribution in [-0.4, -0.2) is 41.9 Å². The van der Waals surface area contributed by atoms with Crippen molar-refractivity contribution in [3.8, 4) is 0 Å². The Balaban J connectivity index is 1.45. The molecule has 5 nitrogen and oxygen atoms in total. The average molecular weight is 338 g/mol. The Labute approximate surface area is 141 Å². The predicted molar refractivity (Wildman–Crippen MR) is 89.6 cm³/mol. The van der Waals surface area contributed by atoms with Gasteiger partial charge in [0.25, 0.3) is 0 Å². The zero-order valence-electron chi connectivity index (χ0n) is 13.7. The van der Waals surface area contributed by atoms with Crippen LogP contribution >= 0.6 is 11.3 Å². The number of rotatable bonds is 5. The zero-order chi connectivity index (χ0) is 16.2. The van der Waals surface area contributed by atoms with Gasteiger partial charge in [-0.3, -0.25) is 4.79 Å². The van der Waals surface area contributed by atoms with Gasteiger partial charge in [-0.15, -0.1) is 11.3 Å². The first-order valence-corrected chi connectivity index (χ1v) is 9.45. The number of fused-ring (bicyclic) bond motifs is 1. The van der Waals surface area contributed by atoms with Gasteiger partial charge in [0.15, 0.2) is 0 Å². The summed E-state index contributed by atoms with van der Waals surface area (Å²) in [6.45, 7) is 0.641. The van der Waals surface area contributed by atoms with E-state index in [9.17, 15) is 9.90 Å². The molecule has 0 radical (unpaired) electrons. The minimum Gasteiger partial charge on any atom is -0.390 e. The molecule has 0 saturated heterocycles. The van der Waals surface area contributed by atoms with Crippen molar-refractivity contribution in [3.05, 3.63) is 15.6 Å². The maximum absolute atomic E-state index is 12.3. The number of thiazole rings is 1. The molecule has 1 heterocycles. The summed E-state index contributed by atoms with van der Waals surface area (Å²) in [4.78, 5) is 18.4. The first-order valence-electron chi connectivity index (χ1n) is 8.63. The highest BCUT2D eigenvalue weighted by Gasteiger charge is 2.32. The number of carbonyl (C=O) groups is 1. The first-order chi connectivity index (χ1) is 11.2. The quantitative estimate of drug-likeness (QED) is 0.860. The van der Waals surface area contributed by atoms with Crippen molar-refractivity contribution in [2.75, 3.05) is 13.7 Å². The molecule has 3 rings (SSSR count). The second kappa shape index (κ2) is 7.73. The third-order valence-corrected chi connectivity index (χ3v) is 6.18. The second-order valence-corrected chi connectivity index (χ2v) is 7.75. The Morgan fingerprint density at radius 2 is 2.22 bits per heavy atom. The fourth-order valence-electron chi connectivity index (χ4n) is 3.55. The second-order valence-electron chi connectivity index (χ2n) is 6.58. The van der Waals surface area contributed by atoms with Gasteiger partial charge < -0.3 is 15.2 Å².